The summed E-state index contributed by atoms with van der Waals surface area (Å²) < 4.78 is 1.06. The SMILES string of the molecule is CC(NC(=O)NCc1csc(Br)c1)c1ccccn1. The average molecular weight is 340 g/mol. The predicted octanol–water partition coefficient (Wildman–Crippen LogP) is 3.47. The zero-order chi connectivity index (χ0) is 13.7. The minimum absolute atomic E-state index is 0.115. The number of hydrogen-bond acceptors (Lipinski definition) is 3. The van der Waals surface area contributed by atoms with Gasteiger partial charge in [-0.2, -0.15) is 0 Å². The molecule has 0 saturated heterocycles. The molecule has 1 unspecified atom stereocenters. The third-order valence-corrected chi connectivity index (χ3v) is 4.11. The number of nitrogens with zero attached hydrogens (tertiary/aromatic N) is 1. The number of thiophene rings is 1. The summed E-state index contributed by atoms with van der Waals surface area (Å²) in [6, 6.07) is 7.33. The van der Waals surface area contributed by atoms with Gasteiger partial charge in [-0.15, -0.1) is 11.3 Å². The molecule has 0 aliphatic rings. The van der Waals surface area contributed by atoms with Crippen LogP contribution >= 0.6 is 27.3 Å². The van der Waals surface area contributed by atoms with E-state index in [-0.39, 0.29) is 12.1 Å². The molecule has 0 saturated carbocycles. The molecule has 2 amide bonds. The number of urea groups is 1. The minimum atomic E-state index is -0.194. The maximum absolute atomic E-state index is 11.7. The number of amides is 2. The van der Waals surface area contributed by atoms with E-state index >= 15 is 0 Å². The Morgan fingerprint density at radius 1 is 1.53 bits per heavy atom. The molecular formula is C13H14BrN3OS. The second-order valence-electron chi connectivity index (χ2n) is 4.06. The van der Waals surface area contributed by atoms with Crippen LogP contribution in [0, 0.1) is 0 Å². The van der Waals surface area contributed by atoms with Crippen LogP contribution in [0.15, 0.2) is 39.6 Å². The molecule has 0 aliphatic heterocycles. The Bertz CT molecular complexity index is 544. The van der Waals surface area contributed by atoms with Crippen LogP contribution in [0.25, 0.3) is 0 Å². The zero-order valence-corrected chi connectivity index (χ0v) is 12.8. The number of halogens is 1. The normalized spacial score (nSPS) is 11.9. The van der Waals surface area contributed by atoms with Crippen molar-refractivity contribution in [1.29, 1.82) is 0 Å². The molecule has 1 atom stereocenters. The van der Waals surface area contributed by atoms with E-state index < -0.39 is 0 Å². The van der Waals surface area contributed by atoms with E-state index in [1.54, 1.807) is 17.5 Å². The molecule has 0 spiro atoms. The van der Waals surface area contributed by atoms with E-state index in [1.165, 1.54) is 0 Å². The fraction of sp³-hybridized carbons (Fsp3) is 0.231. The molecule has 2 aromatic rings. The molecule has 6 heteroatoms. The zero-order valence-electron chi connectivity index (χ0n) is 10.4. The fourth-order valence-electron chi connectivity index (χ4n) is 1.57. The lowest BCUT2D eigenvalue weighted by Gasteiger charge is -2.13. The maximum atomic E-state index is 11.7. The molecule has 0 aliphatic carbocycles. The van der Waals surface area contributed by atoms with Crippen molar-refractivity contribution in [3.8, 4) is 0 Å². The van der Waals surface area contributed by atoms with Gasteiger partial charge in [0, 0.05) is 12.7 Å². The molecule has 2 heterocycles. The van der Waals surface area contributed by atoms with E-state index in [0.29, 0.717) is 6.54 Å². The van der Waals surface area contributed by atoms with Gasteiger partial charge in [-0.1, -0.05) is 6.07 Å². The van der Waals surface area contributed by atoms with Crippen molar-refractivity contribution in [3.63, 3.8) is 0 Å². The van der Waals surface area contributed by atoms with Gasteiger partial charge < -0.3 is 10.6 Å². The van der Waals surface area contributed by atoms with Crippen LogP contribution in [0.4, 0.5) is 4.79 Å². The lowest BCUT2D eigenvalue weighted by molar-refractivity contribution is 0.237. The van der Waals surface area contributed by atoms with Gasteiger partial charge >= 0.3 is 6.03 Å². The summed E-state index contributed by atoms with van der Waals surface area (Å²) in [5, 5.41) is 7.68. The Labute approximate surface area is 124 Å². The molecule has 100 valence electrons. The van der Waals surface area contributed by atoms with Gasteiger partial charge in [0.25, 0.3) is 0 Å². The summed E-state index contributed by atoms with van der Waals surface area (Å²) >= 11 is 4.99. The Morgan fingerprint density at radius 2 is 2.37 bits per heavy atom. The average Bonchev–Trinajstić information content (AvgIpc) is 2.83. The molecule has 0 aromatic carbocycles. The number of carbonyl (C=O) groups is 1. The van der Waals surface area contributed by atoms with Crippen molar-refractivity contribution in [2.24, 2.45) is 0 Å². The van der Waals surface area contributed by atoms with Crippen LogP contribution < -0.4 is 10.6 Å². The summed E-state index contributed by atoms with van der Waals surface area (Å²) in [7, 11) is 0. The van der Waals surface area contributed by atoms with Crippen molar-refractivity contribution in [2.75, 3.05) is 0 Å². The van der Waals surface area contributed by atoms with Crippen LogP contribution in [0.1, 0.15) is 24.2 Å². The highest BCUT2D eigenvalue weighted by Gasteiger charge is 2.09. The van der Waals surface area contributed by atoms with Crippen molar-refractivity contribution in [1.82, 2.24) is 15.6 Å². The number of pyridine rings is 1. The van der Waals surface area contributed by atoms with Gasteiger partial charge in [0.2, 0.25) is 0 Å². The first-order valence-electron chi connectivity index (χ1n) is 5.83. The third kappa shape index (κ3) is 4.33. The number of carbonyl (C=O) groups excluding carboxylic acids is 1. The van der Waals surface area contributed by atoms with Crippen molar-refractivity contribution >= 4 is 33.3 Å². The van der Waals surface area contributed by atoms with Crippen LogP contribution in [0.3, 0.4) is 0 Å². The number of rotatable bonds is 4. The first-order valence-corrected chi connectivity index (χ1v) is 7.50. The molecule has 2 N–H and O–H groups in total. The lowest BCUT2D eigenvalue weighted by Crippen LogP contribution is -2.36. The predicted molar refractivity (Wildman–Crippen MR) is 80.0 cm³/mol. The third-order valence-electron chi connectivity index (χ3n) is 2.55. The van der Waals surface area contributed by atoms with E-state index in [2.05, 4.69) is 31.5 Å². The number of aromatic nitrogens is 1. The van der Waals surface area contributed by atoms with Crippen LogP contribution in [0.2, 0.25) is 0 Å². The van der Waals surface area contributed by atoms with E-state index in [0.717, 1.165) is 15.0 Å². The van der Waals surface area contributed by atoms with Gasteiger partial charge in [0.05, 0.1) is 15.5 Å². The Balaban J connectivity index is 1.81. The Hall–Kier alpha value is -1.40. The summed E-state index contributed by atoms with van der Waals surface area (Å²) in [6.45, 7) is 2.42. The van der Waals surface area contributed by atoms with Crippen molar-refractivity contribution < 1.29 is 4.79 Å². The standard InChI is InChI=1S/C13H14BrN3OS/c1-9(11-4-2-3-5-15-11)17-13(18)16-7-10-6-12(14)19-8-10/h2-6,8-9H,7H2,1H3,(H2,16,17,18). The van der Waals surface area contributed by atoms with Gasteiger partial charge in [-0.3, -0.25) is 4.98 Å². The molecule has 2 rings (SSSR count). The quantitative estimate of drug-likeness (QED) is 0.896. The molecule has 0 radical (unpaired) electrons. The van der Waals surface area contributed by atoms with Crippen LogP contribution in [-0.2, 0) is 6.54 Å². The molecule has 0 bridgehead atoms. The van der Waals surface area contributed by atoms with Gasteiger partial charge in [-0.25, -0.2) is 4.79 Å². The number of nitrogens with one attached hydrogen (secondary N) is 2. The maximum Gasteiger partial charge on any atom is 0.315 e. The second-order valence-corrected chi connectivity index (χ2v) is 6.35. The van der Waals surface area contributed by atoms with Crippen molar-refractivity contribution in [2.45, 2.75) is 19.5 Å². The summed E-state index contributed by atoms with van der Waals surface area (Å²) in [4.78, 5) is 16.0. The molecule has 19 heavy (non-hydrogen) atoms. The molecule has 2 aromatic heterocycles. The summed E-state index contributed by atoms with van der Waals surface area (Å²) in [6.07, 6.45) is 1.72. The Kier molecular flexibility index (Phi) is 4.93. The molecular weight excluding hydrogens is 326 g/mol. The highest BCUT2D eigenvalue weighted by molar-refractivity contribution is 9.11. The van der Waals surface area contributed by atoms with Crippen LogP contribution in [-0.4, -0.2) is 11.0 Å². The number of hydrogen-bond donors (Lipinski definition) is 2. The first kappa shape index (κ1) is 14.0. The van der Waals surface area contributed by atoms with Gasteiger partial charge in [-0.05, 0) is 52.0 Å². The van der Waals surface area contributed by atoms with Crippen molar-refractivity contribution in [3.05, 3.63) is 50.9 Å². The smallest absolute Gasteiger partial charge is 0.315 e. The molecule has 4 nitrogen and oxygen atoms in total. The minimum Gasteiger partial charge on any atom is -0.334 e. The first-order chi connectivity index (χ1) is 9.15. The topological polar surface area (TPSA) is 54.0 Å². The van der Waals surface area contributed by atoms with Gasteiger partial charge in [0.1, 0.15) is 0 Å². The van der Waals surface area contributed by atoms with E-state index in [4.69, 9.17) is 0 Å². The summed E-state index contributed by atoms with van der Waals surface area (Å²) in [5.41, 5.74) is 1.92. The van der Waals surface area contributed by atoms with E-state index in [1.807, 2.05) is 36.6 Å². The highest BCUT2D eigenvalue weighted by atomic mass is 79.9. The monoisotopic (exact) mass is 339 g/mol. The second kappa shape index (κ2) is 6.68. The van der Waals surface area contributed by atoms with Gasteiger partial charge in [0.15, 0.2) is 0 Å². The molecule has 0 fully saturated rings. The highest BCUT2D eigenvalue weighted by Crippen LogP contribution is 2.20. The van der Waals surface area contributed by atoms with E-state index in [9.17, 15) is 4.79 Å². The largest absolute Gasteiger partial charge is 0.334 e. The lowest BCUT2D eigenvalue weighted by atomic mass is 10.2. The Morgan fingerprint density at radius 3 is 3.00 bits per heavy atom. The summed E-state index contributed by atoms with van der Waals surface area (Å²) in [5.74, 6) is 0. The van der Waals surface area contributed by atoms with Crippen LogP contribution in [0.5, 0.6) is 0 Å². The fourth-order valence-corrected chi connectivity index (χ4v) is 2.78.